The number of carbonyl (C=O) groups is 1. The summed E-state index contributed by atoms with van der Waals surface area (Å²) in [6, 6.07) is 14.6. The zero-order chi connectivity index (χ0) is 26.3. The number of allylic oxidation sites excluding steroid dienone is 4. The van der Waals surface area contributed by atoms with Gasteiger partial charge in [-0.25, -0.2) is 4.98 Å². The van der Waals surface area contributed by atoms with Gasteiger partial charge in [0.05, 0.1) is 16.7 Å². The third kappa shape index (κ3) is 4.87. The summed E-state index contributed by atoms with van der Waals surface area (Å²) < 4.78 is 44.6. The molecule has 1 aliphatic rings. The second-order valence-electron chi connectivity index (χ2n) is 9.12. The van der Waals surface area contributed by atoms with Crippen LogP contribution in [0.4, 0.5) is 24.9 Å². The molecule has 1 atom stereocenters. The number of benzene rings is 2. The van der Waals surface area contributed by atoms with E-state index in [0.29, 0.717) is 22.8 Å². The maximum Gasteiger partial charge on any atom is 0.413 e. The standard InChI is InChI=1S/C27H25F3N6O/c1-16-7-9-17(10-8-16)21-14-24(35(2)34-21)33-26-32-22-13-18(25(31)37)11-12-23(22)36(26)15-19-5-3-4-6-20(19)27(28,29)30/h3-4,6-14,19H,5,15H2,1-2H3,(H2,31,37)(H,32,33). The number of alkyl halides is 3. The molecule has 0 aliphatic heterocycles. The first-order chi connectivity index (χ1) is 17.6. The molecule has 0 bridgehead atoms. The number of fused-ring (bicyclic) bond motifs is 1. The Bertz CT molecular complexity index is 1540. The second-order valence-corrected chi connectivity index (χ2v) is 9.12. The minimum atomic E-state index is -4.44. The van der Waals surface area contributed by atoms with Crippen molar-refractivity contribution in [1.82, 2.24) is 19.3 Å². The molecule has 0 fully saturated rings. The molecule has 2 heterocycles. The summed E-state index contributed by atoms with van der Waals surface area (Å²) in [5.41, 5.74) is 8.96. The molecule has 4 aromatic rings. The fraction of sp³-hybridized carbons (Fsp3) is 0.222. The van der Waals surface area contributed by atoms with Gasteiger partial charge in [0.25, 0.3) is 0 Å². The highest BCUT2D eigenvalue weighted by Gasteiger charge is 2.39. The number of amides is 1. The van der Waals surface area contributed by atoms with Gasteiger partial charge in [0.1, 0.15) is 5.82 Å². The zero-order valence-electron chi connectivity index (χ0n) is 20.3. The number of anilines is 2. The van der Waals surface area contributed by atoms with Crippen molar-refractivity contribution in [3.8, 4) is 11.3 Å². The van der Waals surface area contributed by atoms with E-state index in [1.807, 2.05) is 37.3 Å². The second kappa shape index (κ2) is 9.27. The Kier molecular flexibility index (Phi) is 6.10. The lowest BCUT2D eigenvalue weighted by molar-refractivity contribution is -0.0997. The average molecular weight is 507 g/mol. The first-order valence-electron chi connectivity index (χ1n) is 11.7. The third-order valence-corrected chi connectivity index (χ3v) is 6.50. The number of nitrogens with zero attached hydrogens (tertiary/aromatic N) is 4. The van der Waals surface area contributed by atoms with E-state index in [2.05, 4.69) is 15.4 Å². The summed E-state index contributed by atoms with van der Waals surface area (Å²) in [5, 5.41) is 7.82. The van der Waals surface area contributed by atoms with E-state index in [0.717, 1.165) is 22.9 Å². The number of halogens is 3. The summed E-state index contributed by atoms with van der Waals surface area (Å²) >= 11 is 0. The summed E-state index contributed by atoms with van der Waals surface area (Å²) in [6.07, 6.45) is 0.0926. The molecule has 0 saturated carbocycles. The van der Waals surface area contributed by atoms with Gasteiger partial charge < -0.3 is 15.6 Å². The summed E-state index contributed by atoms with van der Waals surface area (Å²) in [7, 11) is 1.77. The molecule has 7 nitrogen and oxygen atoms in total. The van der Waals surface area contributed by atoms with Crippen LogP contribution in [0.15, 0.2) is 72.3 Å². The SMILES string of the molecule is Cc1ccc(-c2cc(Nc3nc4cc(C(N)=O)ccc4n3CC3CC=CC=C3C(F)(F)F)n(C)n2)cc1. The Morgan fingerprint density at radius 3 is 2.62 bits per heavy atom. The van der Waals surface area contributed by atoms with E-state index in [9.17, 15) is 18.0 Å². The van der Waals surface area contributed by atoms with Crippen molar-refractivity contribution in [2.75, 3.05) is 5.32 Å². The van der Waals surface area contributed by atoms with Crippen LogP contribution in [0.25, 0.3) is 22.3 Å². The van der Waals surface area contributed by atoms with Gasteiger partial charge in [-0.3, -0.25) is 9.48 Å². The first-order valence-corrected chi connectivity index (χ1v) is 11.7. The molecule has 2 aromatic heterocycles. The third-order valence-electron chi connectivity index (χ3n) is 6.50. The van der Waals surface area contributed by atoms with Crippen LogP contribution in [0.2, 0.25) is 0 Å². The summed E-state index contributed by atoms with van der Waals surface area (Å²) in [5.74, 6) is -0.461. The van der Waals surface area contributed by atoms with Gasteiger partial charge in [-0.1, -0.05) is 48.1 Å². The Labute approximate surface area is 211 Å². The summed E-state index contributed by atoms with van der Waals surface area (Å²) in [4.78, 5) is 16.3. The van der Waals surface area contributed by atoms with Crippen LogP contribution in [0.3, 0.4) is 0 Å². The van der Waals surface area contributed by atoms with Gasteiger partial charge in [0.15, 0.2) is 0 Å². The van der Waals surface area contributed by atoms with Gasteiger partial charge in [0.2, 0.25) is 11.9 Å². The molecule has 2 aromatic carbocycles. The summed E-state index contributed by atoms with van der Waals surface area (Å²) in [6.45, 7) is 2.04. The monoisotopic (exact) mass is 506 g/mol. The van der Waals surface area contributed by atoms with Gasteiger partial charge in [-0.15, -0.1) is 0 Å². The predicted molar refractivity (Wildman–Crippen MR) is 136 cm³/mol. The Morgan fingerprint density at radius 1 is 1.16 bits per heavy atom. The van der Waals surface area contributed by atoms with Crippen molar-refractivity contribution < 1.29 is 18.0 Å². The van der Waals surface area contributed by atoms with E-state index in [1.165, 1.54) is 6.08 Å². The van der Waals surface area contributed by atoms with Crippen molar-refractivity contribution >= 4 is 28.7 Å². The quantitative estimate of drug-likeness (QED) is 0.354. The maximum absolute atomic E-state index is 13.8. The number of hydrogen-bond donors (Lipinski definition) is 2. The fourth-order valence-corrected chi connectivity index (χ4v) is 4.52. The van der Waals surface area contributed by atoms with Crippen LogP contribution in [0.1, 0.15) is 22.3 Å². The van der Waals surface area contributed by atoms with E-state index in [-0.39, 0.29) is 18.5 Å². The number of nitrogens with one attached hydrogen (secondary N) is 1. The van der Waals surface area contributed by atoms with Crippen LogP contribution >= 0.6 is 0 Å². The van der Waals surface area contributed by atoms with Gasteiger partial charge >= 0.3 is 6.18 Å². The van der Waals surface area contributed by atoms with Crippen LogP contribution in [-0.4, -0.2) is 31.4 Å². The van der Waals surface area contributed by atoms with E-state index < -0.39 is 23.6 Å². The largest absolute Gasteiger partial charge is 0.413 e. The molecule has 10 heteroatoms. The van der Waals surface area contributed by atoms with Crippen molar-refractivity contribution in [1.29, 1.82) is 0 Å². The molecule has 3 N–H and O–H groups in total. The van der Waals surface area contributed by atoms with Crippen LogP contribution in [0, 0.1) is 12.8 Å². The number of carbonyl (C=O) groups excluding carboxylic acids is 1. The highest BCUT2D eigenvalue weighted by molar-refractivity contribution is 5.96. The lowest BCUT2D eigenvalue weighted by atomic mass is 9.91. The minimum absolute atomic E-state index is 0.0348. The van der Waals surface area contributed by atoms with Crippen molar-refractivity contribution in [3.05, 3.63) is 83.5 Å². The molecule has 0 radical (unpaired) electrons. The highest BCUT2D eigenvalue weighted by atomic mass is 19.4. The number of aryl methyl sites for hydroxylation is 2. The lowest BCUT2D eigenvalue weighted by Crippen LogP contribution is -2.25. The normalized spacial score (nSPS) is 15.7. The average Bonchev–Trinajstić information content (AvgIpc) is 3.38. The minimum Gasteiger partial charge on any atom is -0.366 e. The number of imidazole rings is 1. The molecule has 5 rings (SSSR count). The van der Waals surface area contributed by atoms with Gasteiger partial charge in [0, 0.05) is 42.3 Å². The molecule has 0 spiro atoms. The Hall–Kier alpha value is -4.34. The number of hydrogen-bond acceptors (Lipinski definition) is 4. The molecule has 1 aliphatic carbocycles. The topological polar surface area (TPSA) is 90.8 Å². The Morgan fingerprint density at radius 2 is 1.92 bits per heavy atom. The number of nitrogens with two attached hydrogens (primary N) is 1. The molecule has 37 heavy (non-hydrogen) atoms. The van der Waals surface area contributed by atoms with Crippen molar-refractivity contribution in [2.45, 2.75) is 26.1 Å². The van der Waals surface area contributed by atoms with Crippen LogP contribution < -0.4 is 11.1 Å². The van der Waals surface area contributed by atoms with Crippen LogP contribution in [-0.2, 0) is 13.6 Å². The highest BCUT2D eigenvalue weighted by Crippen LogP contribution is 2.38. The molecular formula is C27H25F3N6O. The molecule has 190 valence electrons. The molecular weight excluding hydrogens is 481 g/mol. The van der Waals surface area contributed by atoms with Crippen molar-refractivity contribution in [2.24, 2.45) is 18.7 Å². The van der Waals surface area contributed by atoms with Crippen molar-refractivity contribution in [3.63, 3.8) is 0 Å². The van der Waals surface area contributed by atoms with E-state index >= 15 is 0 Å². The van der Waals surface area contributed by atoms with Gasteiger partial charge in [-0.05, 0) is 31.5 Å². The zero-order valence-corrected chi connectivity index (χ0v) is 20.3. The lowest BCUT2D eigenvalue weighted by Gasteiger charge is -2.25. The predicted octanol–water partition coefficient (Wildman–Crippen LogP) is 5.65. The number of primary amides is 1. The fourth-order valence-electron chi connectivity index (χ4n) is 4.52. The number of rotatable bonds is 6. The Balaban J connectivity index is 1.55. The number of aromatic nitrogens is 4. The van der Waals surface area contributed by atoms with Gasteiger partial charge in [-0.2, -0.15) is 18.3 Å². The molecule has 1 amide bonds. The molecule has 0 saturated heterocycles. The van der Waals surface area contributed by atoms with Crippen LogP contribution in [0.5, 0.6) is 0 Å². The molecule has 1 unspecified atom stereocenters. The first kappa shape index (κ1) is 24.4. The van der Waals surface area contributed by atoms with E-state index in [4.69, 9.17) is 5.73 Å². The van der Waals surface area contributed by atoms with E-state index in [1.54, 1.807) is 40.6 Å². The smallest absolute Gasteiger partial charge is 0.366 e. The maximum atomic E-state index is 13.8.